The van der Waals surface area contributed by atoms with Gasteiger partial charge in [-0.25, -0.2) is 0 Å². The van der Waals surface area contributed by atoms with E-state index in [9.17, 15) is 4.79 Å². The van der Waals surface area contributed by atoms with E-state index < -0.39 is 0 Å². The van der Waals surface area contributed by atoms with E-state index in [2.05, 4.69) is 17.3 Å². The fourth-order valence-electron chi connectivity index (χ4n) is 1.44. The average Bonchev–Trinajstić information content (AvgIpc) is 1.93. The van der Waals surface area contributed by atoms with Crippen LogP contribution in [0.5, 0.6) is 0 Å². The first kappa shape index (κ1) is 16.0. The van der Waals surface area contributed by atoms with Crippen molar-refractivity contribution in [2.75, 3.05) is 20.1 Å². The first-order valence-corrected chi connectivity index (χ1v) is 4.14. The van der Waals surface area contributed by atoms with E-state index in [0.29, 0.717) is 6.04 Å². The summed E-state index contributed by atoms with van der Waals surface area (Å²) in [6.07, 6.45) is 2.19. The van der Waals surface area contributed by atoms with Crippen LogP contribution >= 0.6 is 0 Å². The van der Waals surface area contributed by atoms with Crippen molar-refractivity contribution < 1.29 is 35.9 Å². The van der Waals surface area contributed by atoms with Gasteiger partial charge in [0.15, 0.2) is 0 Å². The molecule has 0 saturated carbocycles. The van der Waals surface area contributed by atoms with Gasteiger partial charge in [-0.15, -0.1) is 0 Å². The maximum Gasteiger partial charge on any atom is 0.217 e. The first-order chi connectivity index (χ1) is 5.18. The van der Waals surface area contributed by atoms with E-state index in [-0.39, 0.29) is 45.4 Å². The van der Waals surface area contributed by atoms with Gasteiger partial charge in [0.2, 0.25) is 5.91 Å². The summed E-state index contributed by atoms with van der Waals surface area (Å²) in [5, 5.41) is 2.94. The SMILES string of the molecule is CC(=O)NC1CCN(C)CC1.[B].[U]. The van der Waals surface area contributed by atoms with Crippen LogP contribution in [-0.4, -0.2) is 45.4 Å². The second kappa shape index (κ2) is 7.91. The molecular formula is C8H16BN2OU. The molecule has 1 saturated heterocycles. The molecule has 0 aromatic carbocycles. The topological polar surface area (TPSA) is 32.3 Å². The number of nitrogens with zero attached hydrogens (tertiary/aromatic N) is 1. The largest absolute Gasteiger partial charge is 0.354 e. The van der Waals surface area contributed by atoms with Crippen LogP contribution in [0.3, 0.4) is 0 Å². The zero-order chi connectivity index (χ0) is 8.27. The molecule has 0 aromatic rings. The Bertz CT molecular complexity index is 149. The predicted molar refractivity (Wildman–Crippen MR) is 50.1 cm³/mol. The van der Waals surface area contributed by atoms with Gasteiger partial charge in [-0.2, -0.15) is 0 Å². The summed E-state index contributed by atoms with van der Waals surface area (Å²) in [6, 6.07) is 0.420. The molecule has 13 heavy (non-hydrogen) atoms. The third kappa shape index (κ3) is 6.60. The predicted octanol–water partition coefficient (Wildman–Crippen LogP) is -0.164. The van der Waals surface area contributed by atoms with Crippen LogP contribution < -0.4 is 5.32 Å². The zero-order valence-corrected chi connectivity index (χ0v) is 12.5. The zero-order valence-electron chi connectivity index (χ0n) is 8.34. The molecule has 1 fully saturated rings. The Morgan fingerprint density at radius 1 is 1.38 bits per heavy atom. The molecule has 0 spiro atoms. The number of hydrogen-bond donors (Lipinski definition) is 1. The van der Waals surface area contributed by atoms with Crippen LogP contribution in [0, 0.1) is 31.1 Å². The summed E-state index contributed by atoms with van der Waals surface area (Å²) in [4.78, 5) is 13.0. The summed E-state index contributed by atoms with van der Waals surface area (Å²) >= 11 is 0. The quantitative estimate of drug-likeness (QED) is 0.616. The van der Waals surface area contributed by atoms with Crippen molar-refractivity contribution in [3.8, 4) is 0 Å². The number of likely N-dealkylation sites (tertiary alicyclic amines) is 1. The summed E-state index contributed by atoms with van der Waals surface area (Å²) < 4.78 is 0. The van der Waals surface area contributed by atoms with E-state index in [1.54, 1.807) is 6.92 Å². The number of carbonyl (C=O) groups is 1. The van der Waals surface area contributed by atoms with Crippen LogP contribution in [0.2, 0.25) is 0 Å². The summed E-state index contributed by atoms with van der Waals surface area (Å²) in [7, 11) is 2.12. The minimum absolute atomic E-state index is 0. The molecule has 0 aliphatic carbocycles. The molecule has 1 aliphatic heterocycles. The van der Waals surface area contributed by atoms with Crippen molar-refractivity contribution in [2.45, 2.75) is 25.8 Å². The fourth-order valence-corrected chi connectivity index (χ4v) is 1.44. The molecule has 1 aliphatic rings. The minimum Gasteiger partial charge on any atom is -0.354 e. The smallest absolute Gasteiger partial charge is 0.217 e. The van der Waals surface area contributed by atoms with Crippen LogP contribution in [0.25, 0.3) is 0 Å². The Hall–Kier alpha value is 0.547. The molecular weight excluding hydrogens is 389 g/mol. The van der Waals surface area contributed by atoms with Crippen LogP contribution in [0.4, 0.5) is 0 Å². The van der Waals surface area contributed by atoms with E-state index >= 15 is 0 Å². The molecule has 1 heterocycles. The number of nitrogens with one attached hydrogen (secondary N) is 1. The average molecular weight is 405 g/mol. The van der Waals surface area contributed by atoms with Crippen LogP contribution in [-0.2, 0) is 4.79 Å². The van der Waals surface area contributed by atoms with E-state index in [1.165, 1.54) is 0 Å². The Labute approximate surface area is 106 Å². The maximum atomic E-state index is 10.7. The number of piperidine rings is 1. The Kier molecular flexibility index (Phi) is 9.73. The van der Waals surface area contributed by atoms with Gasteiger partial charge in [0.25, 0.3) is 0 Å². The van der Waals surface area contributed by atoms with Crippen molar-refractivity contribution in [2.24, 2.45) is 0 Å². The standard InChI is InChI=1S/C8H16N2O.B.U/c1-7(11)9-8-3-5-10(2)6-4-8;;/h8H,3-6H2,1-2H3,(H,9,11);;. The van der Waals surface area contributed by atoms with Crippen LogP contribution in [0.15, 0.2) is 0 Å². The number of carbonyl (C=O) groups excluding carboxylic acids is 1. The minimum atomic E-state index is 0. The number of rotatable bonds is 1. The van der Waals surface area contributed by atoms with Gasteiger partial charge in [0, 0.05) is 52.5 Å². The van der Waals surface area contributed by atoms with Crippen molar-refractivity contribution in [1.29, 1.82) is 0 Å². The number of hydrogen-bond acceptors (Lipinski definition) is 2. The van der Waals surface area contributed by atoms with Gasteiger partial charge in [0.05, 0.1) is 0 Å². The molecule has 0 unspecified atom stereocenters. The van der Waals surface area contributed by atoms with Gasteiger partial charge in [-0.3, -0.25) is 4.79 Å². The van der Waals surface area contributed by atoms with Gasteiger partial charge < -0.3 is 10.2 Å². The molecule has 1 N–H and O–H groups in total. The van der Waals surface area contributed by atoms with E-state index in [1.807, 2.05) is 0 Å². The van der Waals surface area contributed by atoms with Crippen molar-refractivity contribution in [3.05, 3.63) is 0 Å². The van der Waals surface area contributed by atoms with E-state index in [4.69, 9.17) is 0 Å². The van der Waals surface area contributed by atoms with Gasteiger partial charge >= 0.3 is 0 Å². The molecule has 0 aromatic heterocycles. The Morgan fingerprint density at radius 3 is 2.23 bits per heavy atom. The molecule has 71 valence electrons. The third-order valence-corrected chi connectivity index (χ3v) is 2.13. The normalized spacial score (nSPS) is 18.3. The summed E-state index contributed by atoms with van der Waals surface area (Å²) in [6.45, 7) is 3.79. The molecule has 0 bridgehead atoms. The second-order valence-electron chi connectivity index (χ2n) is 3.28. The molecule has 1 rings (SSSR count). The second-order valence-corrected chi connectivity index (χ2v) is 3.28. The number of amides is 1. The van der Waals surface area contributed by atoms with Crippen LogP contribution in [0.1, 0.15) is 19.8 Å². The fraction of sp³-hybridized carbons (Fsp3) is 0.875. The molecule has 3 radical (unpaired) electrons. The first-order valence-electron chi connectivity index (χ1n) is 4.14. The van der Waals surface area contributed by atoms with E-state index in [0.717, 1.165) is 25.9 Å². The van der Waals surface area contributed by atoms with Gasteiger partial charge in [0.1, 0.15) is 0 Å². The summed E-state index contributed by atoms with van der Waals surface area (Å²) in [5.41, 5.74) is 0. The molecule has 3 nitrogen and oxygen atoms in total. The molecule has 0 atom stereocenters. The Morgan fingerprint density at radius 2 is 1.85 bits per heavy atom. The molecule has 1 amide bonds. The van der Waals surface area contributed by atoms with Gasteiger partial charge in [-0.05, 0) is 33.0 Å². The summed E-state index contributed by atoms with van der Waals surface area (Å²) in [5.74, 6) is 0.0968. The van der Waals surface area contributed by atoms with Gasteiger partial charge in [-0.1, -0.05) is 0 Å². The monoisotopic (exact) mass is 405 g/mol. The van der Waals surface area contributed by atoms with Crippen molar-refractivity contribution >= 4 is 14.3 Å². The maximum absolute atomic E-state index is 10.7. The molecule has 5 heteroatoms. The Balaban J connectivity index is 0. The van der Waals surface area contributed by atoms with Crippen molar-refractivity contribution in [1.82, 2.24) is 10.2 Å². The third-order valence-electron chi connectivity index (χ3n) is 2.13. The van der Waals surface area contributed by atoms with Crippen molar-refractivity contribution in [3.63, 3.8) is 0 Å².